The number of methoxy groups -OCH3 is 2. The zero-order chi connectivity index (χ0) is 19.5. The smallest absolute Gasteiger partial charge is 0.231 e. The summed E-state index contributed by atoms with van der Waals surface area (Å²) in [6, 6.07) is 12.5. The minimum atomic E-state index is -0.141. The maximum Gasteiger partial charge on any atom is 0.231 e. The SMILES string of the molecule is COc1cc(OC)cc(-c2cc(/C=C/C(=O)c3ccc4c(c3)OCO4)[nH]n2)c1. The van der Waals surface area contributed by atoms with Crippen LogP contribution in [0, 0.1) is 0 Å². The van der Waals surface area contributed by atoms with E-state index in [2.05, 4.69) is 10.2 Å². The Kier molecular flexibility index (Phi) is 4.72. The molecule has 2 heterocycles. The topological polar surface area (TPSA) is 82.7 Å². The molecular formula is C21H18N2O5. The number of nitrogens with one attached hydrogen (secondary N) is 1. The van der Waals surface area contributed by atoms with Crippen molar-refractivity contribution in [2.45, 2.75) is 0 Å². The number of fused-ring (bicyclic) bond motifs is 1. The minimum absolute atomic E-state index is 0.141. The van der Waals surface area contributed by atoms with Gasteiger partial charge in [-0.3, -0.25) is 9.89 Å². The van der Waals surface area contributed by atoms with Gasteiger partial charge in [-0.05, 0) is 48.6 Å². The molecule has 142 valence electrons. The second-order valence-electron chi connectivity index (χ2n) is 6.08. The van der Waals surface area contributed by atoms with E-state index in [1.54, 1.807) is 44.6 Å². The summed E-state index contributed by atoms with van der Waals surface area (Å²) in [6.07, 6.45) is 3.17. The van der Waals surface area contributed by atoms with Crippen molar-refractivity contribution in [3.63, 3.8) is 0 Å². The van der Waals surface area contributed by atoms with Gasteiger partial charge in [0, 0.05) is 17.2 Å². The lowest BCUT2D eigenvalue weighted by molar-refractivity contribution is 0.104. The fourth-order valence-corrected chi connectivity index (χ4v) is 2.84. The lowest BCUT2D eigenvalue weighted by atomic mass is 10.1. The predicted molar refractivity (Wildman–Crippen MR) is 103 cm³/mol. The van der Waals surface area contributed by atoms with E-state index in [0.29, 0.717) is 39.9 Å². The normalized spacial score (nSPS) is 12.4. The van der Waals surface area contributed by atoms with Gasteiger partial charge < -0.3 is 18.9 Å². The van der Waals surface area contributed by atoms with E-state index in [9.17, 15) is 4.79 Å². The van der Waals surface area contributed by atoms with Gasteiger partial charge in [0.25, 0.3) is 0 Å². The van der Waals surface area contributed by atoms with Gasteiger partial charge in [0.15, 0.2) is 17.3 Å². The quantitative estimate of drug-likeness (QED) is 0.520. The Morgan fingerprint density at radius 2 is 1.79 bits per heavy atom. The zero-order valence-electron chi connectivity index (χ0n) is 15.4. The number of carbonyl (C=O) groups excluding carboxylic acids is 1. The van der Waals surface area contributed by atoms with E-state index in [1.807, 2.05) is 18.2 Å². The first kappa shape index (κ1) is 17.7. The summed E-state index contributed by atoms with van der Waals surface area (Å²) < 4.78 is 21.1. The molecule has 1 aliphatic rings. The molecule has 7 nitrogen and oxygen atoms in total. The van der Waals surface area contributed by atoms with E-state index in [0.717, 1.165) is 5.56 Å². The molecule has 1 aliphatic heterocycles. The molecule has 4 rings (SSSR count). The number of rotatable bonds is 6. The van der Waals surface area contributed by atoms with E-state index in [1.165, 1.54) is 6.08 Å². The lowest BCUT2D eigenvalue weighted by Gasteiger charge is -2.06. The van der Waals surface area contributed by atoms with E-state index < -0.39 is 0 Å². The van der Waals surface area contributed by atoms with Crippen LogP contribution in [0.25, 0.3) is 17.3 Å². The molecule has 0 spiro atoms. The molecule has 2 aromatic carbocycles. The first-order valence-electron chi connectivity index (χ1n) is 8.57. The molecule has 0 atom stereocenters. The predicted octanol–water partition coefficient (Wildman–Crippen LogP) is 3.72. The molecule has 0 radical (unpaired) electrons. The molecule has 0 amide bonds. The van der Waals surface area contributed by atoms with E-state index in [-0.39, 0.29) is 12.6 Å². The van der Waals surface area contributed by atoms with Gasteiger partial charge in [-0.15, -0.1) is 0 Å². The number of H-pyrrole nitrogens is 1. The number of nitrogens with zero attached hydrogens (tertiary/aromatic N) is 1. The molecule has 28 heavy (non-hydrogen) atoms. The highest BCUT2D eigenvalue weighted by Gasteiger charge is 2.15. The third-order valence-corrected chi connectivity index (χ3v) is 4.32. The summed E-state index contributed by atoms with van der Waals surface area (Å²) in [4.78, 5) is 12.4. The number of aromatic amines is 1. The summed E-state index contributed by atoms with van der Waals surface area (Å²) in [6.45, 7) is 0.175. The molecule has 0 fully saturated rings. The summed E-state index contributed by atoms with van der Waals surface area (Å²) in [5, 5.41) is 7.21. The second-order valence-corrected chi connectivity index (χ2v) is 6.08. The molecule has 0 unspecified atom stereocenters. The number of aromatic nitrogens is 2. The van der Waals surface area contributed by atoms with Crippen molar-refractivity contribution in [1.29, 1.82) is 0 Å². The number of hydrogen-bond acceptors (Lipinski definition) is 6. The van der Waals surface area contributed by atoms with Crippen molar-refractivity contribution in [2.75, 3.05) is 21.0 Å². The molecule has 1 aromatic heterocycles. The fourth-order valence-electron chi connectivity index (χ4n) is 2.84. The summed E-state index contributed by atoms with van der Waals surface area (Å²) >= 11 is 0. The van der Waals surface area contributed by atoms with Gasteiger partial charge in [0.1, 0.15) is 11.5 Å². The third kappa shape index (κ3) is 3.55. The van der Waals surface area contributed by atoms with Crippen LogP contribution < -0.4 is 18.9 Å². The van der Waals surface area contributed by atoms with Crippen LogP contribution in [0.5, 0.6) is 23.0 Å². The summed E-state index contributed by atoms with van der Waals surface area (Å²) in [5.74, 6) is 2.43. The molecule has 0 saturated carbocycles. The zero-order valence-corrected chi connectivity index (χ0v) is 15.4. The van der Waals surface area contributed by atoms with Crippen LogP contribution in [0.15, 0.2) is 48.5 Å². The molecular weight excluding hydrogens is 360 g/mol. The molecule has 0 bridgehead atoms. The first-order valence-corrected chi connectivity index (χ1v) is 8.57. The number of benzene rings is 2. The first-order chi connectivity index (χ1) is 13.7. The van der Waals surface area contributed by atoms with Crippen molar-refractivity contribution in [3.05, 3.63) is 59.8 Å². The molecule has 7 heteroatoms. The van der Waals surface area contributed by atoms with Crippen LogP contribution in [0.3, 0.4) is 0 Å². The molecule has 0 aliphatic carbocycles. The van der Waals surface area contributed by atoms with Crippen molar-refractivity contribution < 1.29 is 23.7 Å². The van der Waals surface area contributed by atoms with Crippen LogP contribution >= 0.6 is 0 Å². The summed E-state index contributed by atoms with van der Waals surface area (Å²) in [5.41, 5.74) is 2.78. The maximum atomic E-state index is 12.4. The largest absolute Gasteiger partial charge is 0.497 e. The van der Waals surface area contributed by atoms with Gasteiger partial charge in [-0.2, -0.15) is 5.10 Å². The number of carbonyl (C=O) groups is 1. The average Bonchev–Trinajstić information content (AvgIpc) is 3.40. The van der Waals surface area contributed by atoms with E-state index in [4.69, 9.17) is 18.9 Å². The van der Waals surface area contributed by atoms with Crippen molar-refractivity contribution in [1.82, 2.24) is 10.2 Å². The minimum Gasteiger partial charge on any atom is -0.497 e. The van der Waals surface area contributed by atoms with Gasteiger partial charge in [0.2, 0.25) is 6.79 Å². The molecule has 0 saturated heterocycles. The summed E-state index contributed by atoms with van der Waals surface area (Å²) in [7, 11) is 3.19. The van der Waals surface area contributed by atoms with Crippen LogP contribution in [0.2, 0.25) is 0 Å². The Balaban J connectivity index is 1.52. The highest BCUT2D eigenvalue weighted by atomic mass is 16.7. The van der Waals surface area contributed by atoms with Crippen LogP contribution in [0.4, 0.5) is 0 Å². The van der Waals surface area contributed by atoms with Crippen LogP contribution in [-0.4, -0.2) is 37.0 Å². The molecule has 3 aromatic rings. The van der Waals surface area contributed by atoms with Gasteiger partial charge in [-0.25, -0.2) is 0 Å². The van der Waals surface area contributed by atoms with E-state index >= 15 is 0 Å². The number of ether oxygens (including phenoxy) is 4. The Hall–Kier alpha value is -3.74. The van der Waals surface area contributed by atoms with Crippen LogP contribution in [-0.2, 0) is 0 Å². The Morgan fingerprint density at radius 3 is 2.54 bits per heavy atom. The van der Waals surface area contributed by atoms with Crippen LogP contribution in [0.1, 0.15) is 16.1 Å². The highest BCUT2D eigenvalue weighted by molar-refractivity contribution is 6.07. The Bertz CT molecular complexity index is 1030. The monoisotopic (exact) mass is 378 g/mol. The second kappa shape index (κ2) is 7.48. The van der Waals surface area contributed by atoms with Gasteiger partial charge in [0.05, 0.1) is 25.6 Å². The fraction of sp³-hybridized carbons (Fsp3) is 0.143. The number of ketones is 1. The molecule has 1 N–H and O–H groups in total. The van der Waals surface area contributed by atoms with Crippen molar-refractivity contribution >= 4 is 11.9 Å². The Labute approximate surface area is 161 Å². The highest BCUT2D eigenvalue weighted by Crippen LogP contribution is 2.33. The van der Waals surface area contributed by atoms with Crippen molar-refractivity contribution in [3.8, 4) is 34.3 Å². The van der Waals surface area contributed by atoms with Gasteiger partial charge in [-0.1, -0.05) is 0 Å². The number of allylic oxidation sites excluding steroid dienone is 1. The van der Waals surface area contributed by atoms with Gasteiger partial charge >= 0.3 is 0 Å². The lowest BCUT2D eigenvalue weighted by Crippen LogP contribution is -1.94. The number of hydrogen-bond donors (Lipinski definition) is 1. The third-order valence-electron chi connectivity index (χ3n) is 4.32. The van der Waals surface area contributed by atoms with Crippen molar-refractivity contribution in [2.24, 2.45) is 0 Å². The standard InChI is InChI=1S/C21H18N2O5/c1-25-16-7-14(8-17(11-16)26-2)18-10-15(22-23-18)4-5-19(24)13-3-6-20-21(9-13)28-12-27-20/h3-11H,12H2,1-2H3,(H,22,23)/b5-4+. The Morgan fingerprint density at radius 1 is 1.04 bits per heavy atom. The maximum absolute atomic E-state index is 12.4. The average molecular weight is 378 g/mol.